The largest absolute Gasteiger partial charge is 0.379 e. The first kappa shape index (κ1) is 22.6. The monoisotopic (exact) mass is 484 g/mol. The van der Waals surface area contributed by atoms with Gasteiger partial charge in [0, 0.05) is 31.1 Å². The van der Waals surface area contributed by atoms with Gasteiger partial charge in [0.15, 0.2) is 0 Å². The number of benzene rings is 1. The molecule has 3 aromatic rings. The maximum absolute atomic E-state index is 12.5. The number of H-pyrrole nitrogens is 1. The zero-order chi connectivity index (χ0) is 22.6. The predicted molar refractivity (Wildman–Crippen MR) is 133 cm³/mol. The van der Waals surface area contributed by atoms with Crippen molar-refractivity contribution >= 4 is 39.2 Å². The number of rotatable bonds is 8. The van der Waals surface area contributed by atoms with Crippen molar-refractivity contribution in [1.29, 1.82) is 0 Å². The second kappa shape index (κ2) is 10.4. The number of thioether (sulfide) groups is 1. The fourth-order valence-electron chi connectivity index (χ4n) is 4.46. The maximum Gasteiger partial charge on any atom is 0.259 e. The summed E-state index contributed by atoms with van der Waals surface area (Å²) < 4.78 is 5.41. The molecule has 0 unspecified atom stereocenters. The Bertz CT molecular complexity index is 1200. The molecule has 0 radical (unpaired) electrons. The van der Waals surface area contributed by atoms with Crippen molar-refractivity contribution in [3.63, 3.8) is 0 Å². The van der Waals surface area contributed by atoms with Crippen molar-refractivity contribution in [3.05, 3.63) is 62.0 Å². The molecule has 0 saturated carbocycles. The highest BCUT2D eigenvalue weighted by atomic mass is 32.2. The Morgan fingerprint density at radius 2 is 2.09 bits per heavy atom. The number of aromatic nitrogens is 2. The van der Waals surface area contributed by atoms with E-state index in [2.05, 4.69) is 32.3 Å². The van der Waals surface area contributed by atoms with E-state index < -0.39 is 0 Å². The van der Waals surface area contributed by atoms with E-state index in [1.165, 1.54) is 27.8 Å². The molecule has 33 heavy (non-hydrogen) atoms. The average Bonchev–Trinajstić information content (AvgIpc) is 3.40. The van der Waals surface area contributed by atoms with Crippen LogP contribution in [0.4, 0.5) is 0 Å². The van der Waals surface area contributed by atoms with Crippen LogP contribution in [0.1, 0.15) is 33.8 Å². The first-order chi connectivity index (χ1) is 16.2. The SMILES string of the molecule is O=C(CSCc1nc2sc3c(c2c(=O)[nH]1)CCC3)NCc1cccc(CN2CCOCC2)c1. The van der Waals surface area contributed by atoms with Gasteiger partial charge in [-0.15, -0.1) is 23.1 Å². The van der Waals surface area contributed by atoms with Gasteiger partial charge in [0.05, 0.1) is 30.1 Å². The summed E-state index contributed by atoms with van der Waals surface area (Å²) in [6, 6.07) is 8.37. The lowest BCUT2D eigenvalue weighted by molar-refractivity contribution is -0.118. The standard InChI is InChI=1S/C24H28N4O3S2/c29-21(25-12-16-3-1-4-17(11-16)13-28-7-9-31-10-8-28)15-32-14-20-26-23(30)22-18-5-2-6-19(18)33-24(22)27-20/h1,3-4,11H,2,5-10,12-15H2,(H,25,29)(H,26,27,30). The Balaban J connectivity index is 1.10. The highest BCUT2D eigenvalue weighted by Crippen LogP contribution is 2.34. The fourth-order valence-corrected chi connectivity index (χ4v) is 6.46. The van der Waals surface area contributed by atoms with E-state index in [-0.39, 0.29) is 11.5 Å². The summed E-state index contributed by atoms with van der Waals surface area (Å²) in [4.78, 5) is 37.0. The fraction of sp³-hybridized carbons (Fsp3) is 0.458. The van der Waals surface area contributed by atoms with Gasteiger partial charge in [-0.1, -0.05) is 24.3 Å². The van der Waals surface area contributed by atoms with Crippen LogP contribution in [0.3, 0.4) is 0 Å². The Morgan fingerprint density at radius 3 is 2.97 bits per heavy atom. The molecule has 1 fully saturated rings. The van der Waals surface area contributed by atoms with E-state index in [1.54, 1.807) is 11.3 Å². The Kier molecular flexibility index (Phi) is 7.10. The molecular weight excluding hydrogens is 456 g/mol. The van der Waals surface area contributed by atoms with E-state index >= 15 is 0 Å². The molecule has 2 N–H and O–H groups in total. The van der Waals surface area contributed by atoms with Crippen LogP contribution in [-0.4, -0.2) is 52.8 Å². The minimum absolute atomic E-state index is 0.0166. The molecule has 9 heteroatoms. The van der Waals surface area contributed by atoms with Crippen molar-refractivity contribution < 1.29 is 9.53 Å². The number of thiophene rings is 1. The summed E-state index contributed by atoms with van der Waals surface area (Å²) in [5, 5.41) is 3.77. The molecule has 174 valence electrons. The number of morpholine rings is 1. The molecule has 0 bridgehead atoms. The Hall–Kier alpha value is -2.20. The first-order valence-corrected chi connectivity index (χ1v) is 13.4. The summed E-state index contributed by atoms with van der Waals surface area (Å²) in [7, 11) is 0. The first-order valence-electron chi connectivity index (χ1n) is 11.4. The van der Waals surface area contributed by atoms with E-state index in [0.29, 0.717) is 23.9 Å². The zero-order valence-electron chi connectivity index (χ0n) is 18.5. The van der Waals surface area contributed by atoms with Crippen molar-refractivity contribution in [2.24, 2.45) is 0 Å². The molecule has 3 heterocycles. The third kappa shape index (κ3) is 5.48. The number of carbonyl (C=O) groups excluding carboxylic acids is 1. The quantitative estimate of drug-likeness (QED) is 0.511. The number of carbonyl (C=O) groups is 1. The molecule has 1 aliphatic heterocycles. The Labute approximate surface area is 200 Å². The second-order valence-electron chi connectivity index (χ2n) is 8.53. The molecule has 1 aromatic carbocycles. The molecule has 2 aromatic heterocycles. The molecule has 2 aliphatic rings. The molecule has 1 saturated heterocycles. The molecule has 7 nitrogen and oxygen atoms in total. The third-order valence-corrected chi connectivity index (χ3v) is 8.22. The van der Waals surface area contributed by atoms with Gasteiger partial charge in [-0.2, -0.15) is 0 Å². The number of hydrogen-bond donors (Lipinski definition) is 2. The van der Waals surface area contributed by atoms with Gasteiger partial charge in [0.1, 0.15) is 10.7 Å². The number of fused-ring (bicyclic) bond motifs is 3. The van der Waals surface area contributed by atoms with Gasteiger partial charge in [-0.25, -0.2) is 4.98 Å². The van der Waals surface area contributed by atoms with Crippen LogP contribution in [0.15, 0.2) is 29.1 Å². The topological polar surface area (TPSA) is 87.3 Å². The van der Waals surface area contributed by atoms with Crippen LogP contribution in [0, 0.1) is 0 Å². The highest BCUT2D eigenvalue weighted by Gasteiger charge is 2.21. The van der Waals surface area contributed by atoms with Gasteiger partial charge < -0.3 is 15.0 Å². The van der Waals surface area contributed by atoms with E-state index in [1.807, 2.05) is 12.1 Å². The number of nitrogens with one attached hydrogen (secondary N) is 2. The summed E-state index contributed by atoms with van der Waals surface area (Å²) in [6.07, 6.45) is 3.15. The molecule has 0 spiro atoms. The lowest BCUT2D eigenvalue weighted by atomic mass is 10.1. The number of aryl methyl sites for hydroxylation is 2. The zero-order valence-corrected chi connectivity index (χ0v) is 20.2. The van der Waals surface area contributed by atoms with E-state index in [0.717, 1.165) is 67.9 Å². The van der Waals surface area contributed by atoms with Crippen LogP contribution in [-0.2, 0) is 41.2 Å². The summed E-state index contributed by atoms with van der Waals surface area (Å²) in [5.41, 5.74) is 3.50. The predicted octanol–water partition coefficient (Wildman–Crippen LogP) is 2.86. The maximum atomic E-state index is 12.5. The molecular formula is C24H28N4O3S2. The van der Waals surface area contributed by atoms with Crippen LogP contribution >= 0.6 is 23.1 Å². The van der Waals surface area contributed by atoms with Gasteiger partial charge in [0.25, 0.3) is 5.56 Å². The smallest absolute Gasteiger partial charge is 0.259 e. The minimum Gasteiger partial charge on any atom is -0.379 e. The second-order valence-corrected chi connectivity index (χ2v) is 10.6. The number of amides is 1. The van der Waals surface area contributed by atoms with Gasteiger partial charge in [-0.05, 0) is 36.0 Å². The number of nitrogens with zero attached hydrogens (tertiary/aromatic N) is 2. The minimum atomic E-state index is -0.0450. The lowest BCUT2D eigenvalue weighted by Crippen LogP contribution is -2.35. The lowest BCUT2D eigenvalue weighted by Gasteiger charge is -2.26. The van der Waals surface area contributed by atoms with Crippen LogP contribution in [0.25, 0.3) is 10.2 Å². The molecule has 5 rings (SSSR count). The van der Waals surface area contributed by atoms with Crippen LogP contribution in [0.2, 0.25) is 0 Å². The van der Waals surface area contributed by atoms with Gasteiger partial charge in [0.2, 0.25) is 5.91 Å². The van der Waals surface area contributed by atoms with Crippen molar-refractivity contribution in [1.82, 2.24) is 20.2 Å². The molecule has 1 amide bonds. The third-order valence-electron chi connectivity index (χ3n) is 6.09. The van der Waals surface area contributed by atoms with Crippen molar-refractivity contribution in [2.45, 2.75) is 38.1 Å². The van der Waals surface area contributed by atoms with Gasteiger partial charge in [-0.3, -0.25) is 14.5 Å². The summed E-state index contributed by atoms with van der Waals surface area (Å²) in [6.45, 7) is 4.92. The van der Waals surface area contributed by atoms with Crippen molar-refractivity contribution in [3.8, 4) is 0 Å². The Morgan fingerprint density at radius 1 is 1.24 bits per heavy atom. The van der Waals surface area contributed by atoms with Crippen LogP contribution < -0.4 is 10.9 Å². The number of hydrogen-bond acceptors (Lipinski definition) is 7. The number of ether oxygens (including phenoxy) is 1. The molecule has 0 atom stereocenters. The van der Waals surface area contributed by atoms with Gasteiger partial charge >= 0.3 is 0 Å². The summed E-state index contributed by atoms with van der Waals surface area (Å²) >= 11 is 3.11. The highest BCUT2D eigenvalue weighted by molar-refractivity contribution is 7.99. The summed E-state index contributed by atoms with van der Waals surface area (Å²) in [5.74, 6) is 1.46. The average molecular weight is 485 g/mol. The molecule has 1 aliphatic carbocycles. The van der Waals surface area contributed by atoms with E-state index in [4.69, 9.17) is 4.74 Å². The van der Waals surface area contributed by atoms with Crippen LogP contribution in [0.5, 0.6) is 0 Å². The van der Waals surface area contributed by atoms with Crippen molar-refractivity contribution in [2.75, 3.05) is 32.1 Å². The normalized spacial score (nSPS) is 16.2. The van der Waals surface area contributed by atoms with E-state index in [9.17, 15) is 9.59 Å². The number of aromatic amines is 1.